The van der Waals surface area contributed by atoms with E-state index in [0.29, 0.717) is 18.7 Å². The second kappa shape index (κ2) is 7.19. The maximum atomic E-state index is 12.9. The van der Waals surface area contributed by atoms with Crippen molar-refractivity contribution >= 4 is 34.4 Å². The normalized spacial score (nSPS) is 15.0. The van der Waals surface area contributed by atoms with Crippen LogP contribution >= 0.6 is 11.6 Å². The van der Waals surface area contributed by atoms with Crippen LogP contribution in [-0.4, -0.2) is 51.5 Å². The molecule has 0 saturated carbocycles. The molecule has 0 N–H and O–H groups in total. The Morgan fingerprint density at radius 1 is 1.07 bits per heavy atom. The standard InChI is InChI=1S/C20H22ClN5O/c1-14(2)26-13-23-18-11-15(12-22-19(18)26)20(27)25-9-7-24(8-10-25)17-5-3-16(21)4-6-17/h3-6,11-14H,7-10H2,1-2H3. The van der Waals surface area contributed by atoms with Gasteiger partial charge in [0.2, 0.25) is 0 Å². The van der Waals surface area contributed by atoms with Crippen molar-refractivity contribution in [3.63, 3.8) is 0 Å². The molecule has 0 bridgehead atoms. The quantitative estimate of drug-likeness (QED) is 0.693. The van der Waals surface area contributed by atoms with Gasteiger partial charge >= 0.3 is 0 Å². The summed E-state index contributed by atoms with van der Waals surface area (Å²) >= 11 is 5.96. The Labute approximate surface area is 163 Å². The van der Waals surface area contributed by atoms with E-state index in [1.807, 2.05) is 39.8 Å². The van der Waals surface area contributed by atoms with Crippen LogP contribution < -0.4 is 4.90 Å². The van der Waals surface area contributed by atoms with Gasteiger partial charge in [-0.2, -0.15) is 0 Å². The van der Waals surface area contributed by atoms with E-state index in [1.165, 1.54) is 0 Å². The van der Waals surface area contributed by atoms with Gasteiger partial charge in [-0.05, 0) is 44.2 Å². The first kappa shape index (κ1) is 17.8. The van der Waals surface area contributed by atoms with Gasteiger partial charge in [0.1, 0.15) is 5.52 Å². The number of anilines is 1. The molecule has 2 aromatic heterocycles. The van der Waals surface area contributed by atoms with Crippen molar-refractivity contribution in [2.24, 2.45) is 0 Å². The predicted molar refractivity (Wildman–Crippen MR) is 107 cm³/mol. The van der Waals surface area contributed by atoms with Gasteiger partial charge < -0.3 is 14.4 Å². The molecule has 0 atom stereocenters. The molecule has 1 aliphatic heterocycles. The number of aromatic nitrogens is 3. The van der Waals surface area contributed by atoms with Gasteiger partial charge in [-0.1, -0.05) is 11.6 Å². The molecule has 3 aromatic rings. The van der Waals surface area contributed by atoms with Crippen molar-refractivity contribution in [1.82, 2.24) is 19.4 Å². The van der Waals surface area contributed by atoms with Crippen LogP contribution in [0.25, 0.3) is 11.2 Å². The van der Waals surface area contributed by atoms with Gasteiger partial charge in [0, 0.05) is 49.1 Å². The lowest BCUT2D eigenvalue weighted by Crippen LogP contribution is -2.48. The number of pyridine rings is 1. The van der Waals surface area contributed by atoms with Crippen molar-refractivity contribution in [2.45, 2.75) is 19.9 Å². The maximum Gasteiger partial charge on any atom is 0.255 e. The molecule has 1 fully saturated rings. The molecule has 0 radical (unpaired) electrons. The Hall–Kier alpha value is -2.60. The number of carbonyl (C=O) groups excluding carboxylic acids is 1. The Balaban J connectivity index is 1.46. The summed E-state index contributed by atoms with van der Waals surface area (Å²) in [5.74, 6) is 0.0132. The van der Waals surface area contributed by atoms with Gasteiger partial charge in [0.25, 0.3) is 5.91 Å². The fourth-order valence-electron chi connectivity index (χ4n) is 3.42. The molecule has 4 rings (SSSR count). The molecule has 1 aromatic carbocycles. The van der Waals surface area contributed by atoms with Crippen molar-refractivity contribution in [3.8, 4) is 0 Å². The number of amides is 1. The smallest absolute Gasteiger partial charge is 0.255 e. The van der Waals surface area contributed by atoms with E-state index in [1.54, 1.807) is 12.5 Å². The molecule has 3 heterocycles. The zero-order chi connectivity index (χ0) is 19.0. The van der Waals surface area contributed by atoms with Crippen LogP contribution in [-0.2, 0) is 0 Å². The highest BCUT2D eigenvalue weighted by atomic mass is 35.5. The zero-order valence-electron chi connectivity index (χ0n) is 15.5. The third-order valence-electron chi connectivity index (χ3n) is 4.97. The van der Waals surface area contributed by atoms with E-state index in [0.717, 1.165) is 35.0 Å². The van der Waals surface area contributed by atoms with Gasteiger partial charge in [0.15, 0.2) is 5.65 Å². The summed E-state index contributed by atoms with van der Waals surface area (Å²) in [5, 5.41) is 0.732. The molecule has 27 heavy (non-hydrogen) atoms. The minimum absolute atomic E-state index is 0.0132. The highest BCUT2D eigenvalue weighted by molar-refractivity contribution is 6.30. The van der Waals surface area contributed by atoms with Crippen LogP contribution in [0.5, 0.6) is 0 Å². The summed E-state index contributed by atoms with van der Waals surface area (Å²) in [6.07, 6.45) is 3.44. The Kier molecular flexibility index (Phi) is 4.74. The first-order valence-electron chi connectivity index (χ1n) is 9.15. The fourth-order valence-corrected chi connectivity index (χ4v) is 3.54. The average Bonchev–Trinajstić information content (AvgIpc) is 3.12. The second-order valence-corrected chi connectivity index (χ2v) is 7.50. The second-order valence-electron chi connectivity index (χ2n) is 7.07. The average molecular weight is 384 g/mol. The van der Waals surface area contributed by atoms with Crippen molar-refractivity contribution in [2.75, 3.05) is 31.1 Å². The Morgan fingerprint density at radius 2 is 1.78 bits per heavy atom. The van der Waals surface area contributed by atoms with Crippen molar-refractivity contribution < 1.29 is 4.79 Å². The lowest BCUT2D eigenvalue weighted by molar-refractivity contribution is 0.0746. The van der Waals surface area contributed by atoms with Gasteiger partial charge in [-0.25, -0.2) is 9.97 Å². The maximum absolute atomic E-state index is 12.9. The van der Waals surface area contributed by atoms with Crippen LogP contribution in [0.2, 0.25) is 5.02 Å². The number of piperazine rings is 1. The van der Waals surface area contributed by atoms with E-state index < -0.39 is 0 Å². The Bertz CT molecular complexity index is 958. The summed E-state index contributed by atoms with van der Waals surface area (Å²) < 4.78 is 2.01. The minimum atomic E-state index is 0.0132. The molecular weight excluding hydrogens is 362 g/mol. The molecule has 7 heteroatoms. The number of fused-ring (bicyclic) bond motifs is 1. The van der Waals surface area contributed by atoms with E-state index in [2.05, 4.69) is 28.7 Å². The summed E-state index contributed by atoms with van der Waals surface area (Å²) in [7, 11) is 0. The largest absolute Gasteiger partial charge is 0.368 e. The van der Waals surface area contributed by atoms with Crippen molar-refractivity contribution in [3.05, 3.63) is 53.4 Å². The molecule has 140 valence electrons. The molecule has 1 amide bonds. The third kappa shape index (κ3) is 3.49. The van der Waals surface area contributed by atoms with E-state index in [4.69, 9.17) is 11.6 Å². The molecule has 1 aliphatic rings. The van der Waals surface area contributed by atoms with Crippen LogP contribution in [0, 0.1) is 0 Å². The number of hydrogen-bond acceptors (Lipinski definition) is 4. The van der Waals surface area contributed by atoms with E-state index >= 15 is 0 Å². The van der Waals surface area contributed by atoms with Crippen LogP contribution in [0.4, 0.5) is 5.69 Å². The monoisotopic (exact) mass is 383 g/mol. The molecule has 1 saturated heterocycles. The van der Waals surface area contributed by atoms with E-state index in [-0.39, 0.29) is 11.9 Å². The minimum Gasteiger partial charge on any atom is -0.368 e. The van der Waals surface area contributed by atoms with Gasteiger partial charge in [-0.3, -0.25) is 4.79 Å². The predicted octanol–water partition coefficient (Wildman–Crippen LogP) is 3.63. The molecular formula is C20H22ClN5O. The number of hydrogen-bond donors (Lipinski definition) is 0. The highest BCUT2D eigenvalue weighted by Crippen LogP contribution is 2.21. The number of benzene rings is 1. The summed E-state index contributed by atoms with van der Waals surface area (Å²) in [5.41, 5.74) is 3.30. The van der Waals surface area contributed by atoms with Crippen molar-refractivity contribution in [1.29, 1.82) is 0 Å². The highest BCUT2D eigenvalue weighted by Gasteiger charge is 2.23. The van der Waals surface area contributed by atoms with Gasteiger partial charge in [-0.15, -0.1) is 0 Å². The molecule has 0 unspecified atom stereocenters. The van der Waals surface area contributed by atoms with Crippen LogP contribution in [0.3, 0.4) is 0 Å². The number of nitrogens with zero attached hydrogens (tertiary/aromatic N) is 5. The lowest BCUT2D eigenvalue weighted by atomic mass is 10.2. The first-order chi connectivity index (χ1) is 13.0. The topological polar surface area (TPSA) is 54.3 Å². The summed E-state index contributed by atoms with van der Waals surface area (Å²) in [6.45, 7) is 7.12. The van der Waals surface area contributed by atoms with E-state index in [9.17, 15) is 4.79 Å². The molecule has 0 spiro atoms. The molecule has 0 aliphatic carbocycles. The first-order valence-corrected chi connectivity index (χ1v) is 9.53. The van der Waals surface area contributed by atoms with Crippen LogP contribution in [0.1, 0.15) is 30.2 Å². The SMILES string of the molecule is CC(C)n1cnc2cc(C(=O)N3CCN(c4ccc(Cl)cc4)CC3)cnc21. The lowest BCUT2D eigenvalue weighted by Gasteiger charge is -2.36. The number of rotatable bonds is 3. The third-order valence-corrected chi connectivity index (χ3v) is 5.23. The number of carbonyl (C=O) groups is 1. The fraction of sp³-hybridized carbons (Fsp3) is 0.350. The van der Waals surface area contributed by atoms with Crippen LogP contribution in [0.15, 0.2) is 42.9 Å². The number of imidazole rings is 1. The molecule has 6 nitrogen and oxygen atoms in total. The van der Waals surface area contributed by atoms with Gasteiger partial charge in [0.05, 0.1) is 11.9 Å². The summed E-state index contributed by atoms with van der Waals surface area (Å²) in [4.78, 5) is 25.9. The number of halogens is 1. The zero-order valence-corrected chi connectivity index (χ0v) is 16.2. The summed E-state index contributed by atoms with van der Waals surface area (Å²) in [6, 6.07) is 9.95. The Morgan fingerprint density at radius 3 is 2.44 bits per heavy atom.